The maximum Gasteiger partial charge on any atom is 0.354 e. The number of carboxylic acid groups (broad SMARTS) is 1. The third-order valence-corrected chi connectivity index (χ3v) is 2.30. The van der Waals surface area contributed by atoms with E-state index in [2.05, 4.69) is 9.97 Å². The van der Waals surface area contributed by atoms with Crippen molar-refractivity contribution in [3.63, 3.8) is 0 Å². The number of nitrogens with zero attached hydrogens (tertiary/aromatic N) is 1. The molecule has 0 radical (unpaired) electrons. The number of aromatic amines is 1. The van der Waals surface area contributed by atoms with Gasteiger partial charge in [0.2, 0.25) is 0 Å². The predicted molar refractivity (Wildman–Crippen MR) is 62.2 cm³/mol. The zero-order valence-electron chi connectivity index (χ0n) is 9.30. The molecule has 0 aliphatic rings. The SMILES string of the molecule is CCOc1ccccc1-c1nc[nH]c1C(=O)O. The minimum atomic E-state index is -1.04. The number of nitrogens with one attached hydrogen (secondary N) is 1. The highest BCUT2D eigenvalue weighted by Gasteiger charge is 2.17. The van der Waals surface area contributed by atoms with Crippen molar-refractivity contribution in [2.24, 2.45) is 0 Å². The highest BCUT2D eigenvalue weighted by molar-refractivity contribution is 5.93. The summed E-state index contributed by atoms with van der Waals surface area (Å²) in [5.74, 6) is -0.409. The number of ether oxygens (including phenoxy) is 1. The Kier molecular flexibility index (Phi) is 3.09. The van der Waals surface area contributed by atoms with E-state index in [1.54, 1.807) is 12.1 Å². The molecule has 0 aliphatic heterocycles. The molecule has 0 unspecified atom stereocenters. The molecule has 0 saturated carbocycles. The number of para-hydroxylation sites is 1. The van der Waals surface area contributed by atoms with E-state index in [-0.39, 0.29) is 5.69 Å². The monoisotopic (exact) mass is 232 g/mol. The van der Waals surface area contributed by atoms with Crippen LogP contribution in [0.4, 0.5) is 0 Å². The van der Waals surface area contributed by atoms with Crippen molar-refractivity contribution in [3.8, 4) is 17.0 Å². The summed E-state index contributed by atoms with van der Waals surface area (Å²) in [5, 5.41) is 9.02. The fraction of sp³-hybridized carbons (Fsp3) is 0.167. The maximum absolute atomic E-state index is 11.0. The molecule has 5 nitrogen and oxygen atoms in total. The first kappa shape index (κ1) is 11.2. The Labute approximate surface area is 98.1 Å². The van der Waals surface area contributed by atoms with Crippen LogP contribution in [0, 0.1) is 0 Å². The number of rotatable bonds is 4. The minimum Gasteiger partial charge on any atom is -0.493 e. The van der Waals surface area contributed by atoms with Crippen LogP contribution in [0.3, 0.4) is 0 Å². The zero-order chi connectivity index (χ0) is 12.3. The molecule has 17 heavy (non-hydrogen) atoms. The lowest BCUT2D eigenvalue weighted by molar-refractivity contribution is 0.0692. The van der Waals surface area contributed by atoms with Gasteiger partial charge in [-0.2, -0.15) is 0 Å². The van der Waals surface area contributed by atoms with Gasteiger partial charge in [0.1, 0.15) is 11.4 Å². The Balaban J connectivity index is 2.52. The van der Waals surface area contributed by atoms with E-state index in [9.17, 15) is 4.79 Å². The summed E-state index contributed by atoms with van der Waals surface area (Å²) < 4.78 is 5.45. The number of hydrogen-bond donors (Lipinski definition) is 2. The van der Waals surface area contributed by atoms with E-state index in [1.165, 1.54) is 6.33 Å². The quantitative estimate of drug-likeness (QED) is 0.847. The average Bonchev–Trinajstić information content (AvgIpc) is 2.79. The van der Waals surface area contributed by atoms with Crippen LogP contribution < -0.4 is 4.74 Å². The molecule has 0 fully saturated rings. The number of aromatic nitrogens is 2. The molecule has 2 aromatic rings. The highest BCUT2D eigenvalue weighted by Crippen LogP contribution is 2.30. The van der Waals surface area contributed by atoms with Gasteiger partial charge in [-0.1, -0.05) is 12.1 Å². The second-order valence-electron chi connectivity index (χ2n) is 3.36. The smallest absolute Gasteiger partial charge is 0.354 e. The lowest BCUT2D eigenvalue weighted by Gasteiger charge is -2.08. The predicted octanol–water partition coefficient (Wildman–Crippen LogP) is 2.17. The Bertz CT molecular complexity index is 534. The highest BCUT2D eigenvalue weighted by atomic mass is 16.5. The number of benzene rings is 1. The van der Waals surface area contributed by atoms with Crippen LogP contribution >= 0.6 is 0 Å². The second kappa shape index (κ2) is 4.69. The Morgan fingerprint density at radius 1 is 1.47 bits per heavy atom. The number of H-pyrrole nitrogens is 1. The molecule has 0 amide bonds. The van der Waals surface area contributed by atoms with Crippen molar-refractivity contribution in [1.82, 2.24) is 9.97 Å². The van der Waals surface area contributed by atoms with E-state index in [4.69, 9.17) is 9.84 Å². The topological polar surface area (TPSA) is 75.2 Å². The molecule has 2 N–H and O–H groups in total. The summed E-state index contributed by atoms with van der Waals surface area (Å²) >= 11 is 0. The first-order valence-electron chi connectivity index (χ1n) is 5.23. The van der Waals surface area contributed by atoms with Gasteiger partial charge in [0.25, 0.3) is 0 Å². The summed E-state index contributed by atoms with van der Waals surface area (Å²) in [6.07, 6.45) is 1.36. The summed E-state index contributed by atoms with van der Waals surface area (Å²) in [7, 11) is 0. The van der Waals surface area contributed by atoms with Crippen LogP contribution in [0.2, 0.25) is 0 Å². The van der Waals surface area contributed by atoms with E-state index in [1.807, 2.05) is 19.1 Å². The number of imidazole rings is 1. The average molecular weight is 232 g/mol. The van der Waals surface area contributed by atoms with Gasteiger partial charge in [-0.25, -0.2) is 9.78 Å². The third-order valence-electron chi connectivity index (χ3n) is 2.30. The van der Waals surface area contributed by atoms with Gasteiger partial charge in [0, 0.05) is 5.56 Å². The summed E-state index contributed by atoms with van der Waals surface area (Å²) in [4.78, 5) is 17.7. The first-order chi connectivity index (χ1) is 8.24. The minimum absolute atomic E-state index is 0.0668. The third kappa shape index (κ3) is 2.13. The summed E-state index contributed by atoms with van der Waals surface area (Å²) in [6.45, 7) is 2.39. The zero-order valence-corrected chi connectivity index (χ0v) is 9.30. The van der Waals surface area contributed by atoms with Crippen LogP contribution in [-0.2, 0) is 0 Å². The van der Waals surface area contributed by atoms with E-state index in [0.717, 1.165) is 0 Å². The van der Waals surface area contributed by atoms with Crippen molar-refractivity contribution < 1.29 is 14.6 Å². The van der Waals surface area contributed by atoms with Crippen molar-refractivity contribution in [2.45, 2.75) is 6.92 Å². The van der Waals surface area contributed by atoms with Gasteiger partial charge in [-0.05, 0) is 19.1 Å². The standard InChI is InChI=1S/C12H12N2O3/c1-2-17-9-6-4-3-5-8(9)10-11(12(15)16)14-7-13-10/h3-7H,2H2,1H3,(H,13,14)(H,15,16). The summed E-state index contributed by atoms with van der Waals surface area (Å²) in [5.41, 5.74) is 1.13. The largest absolute Gasteiger partial charge is 0.493 e. The molecule has 1 heterocycles. The van der Waals surface area contributed by atoms with Gasteiger partial charge in [0.15, 0.2) is 5.69 Å². The van der Waals surface area contributed by atoms with Gasteiger partial charge in [0.05, 0.1) is 12.9 Å². The van der Waals surface area contributed by atoms with E-state index < -0.39 is 5.97 Å². The van der Waals surface area contributed by atoms with Gasteiger partial charge in [-0.3, -0.25) is 0 Å². The van der Waals surface area contributed by atoms with Gasteiger partial charge < -0.3 is 14.8 Å². The lowest BCUT2D eigenvalue weighted by atomic mass is 10.1. The van der Waals surface area contributed by atoms with Crippen LogP contribution in [0.1, 0.15) is 17.4 Å². The van der Waals surface area contributed by atoms with Crippen LogP contribution in [0.25, 0.3) is 11.3 Å². The Hall–Kier alpha value is -2.30. The molecule has 88 valence electrons. The van der Waals surface area contributed by atoms with Crippen LogP contribution in [-0.4, -0.2) is 27.7 Å². The molecule has 0 spiro atoms. The van der Waals surface area contributed by atoms with Crippen LogP contribution in [0.15, 0.2) is 30.6 Å². The molecule has 1 aromatic carbocycles. The molecule has 2 rings (SSSR count). The number of carboxylic acids is 1. The number of hydrogen-bond acceptors (Lipinski definition) is 3. The van der Waals surface area contributed by atoms with Gasteiger partial charge in [-0.15, -0.1) is 0 Å². The van der Waals surface area contributed by atoms with Crippen molar-refractivity contribution in [1.29, 1.82) is 0 Å². The number of aromatic carboxylic acids is 1. The molecular formula is C12H12N2O3. The number of carbonyl (C=O) groups is 1. The first-order valence-corrected chi connectivity index (χ1v) is 5.23. The molecule has 0 aliphatic carbocycles. The summed E-state index contributed by atoms with van der Waals surface area (Å²) in [6, 6.07) is 7.23. The molecule has 1 aromatic heterocycles. The molecule has 0 atom stereocenters. The fourth-order valence-corrected chi connectivity index (χ4v) is 1.61. The second-order valence-corrected chi connectivity index (χ2v) is 3.36. The van der Waals surface area contributed by atoms with E-state index in [0.29, 0.717) is 23.6 Å². The molecule has 5 heteroatoms. The lowest BCUT2D eigenvalue weighted by Crippen LogP contribution is -2.01. The van der Waals surface area contributed by atoms with Crippen LogP contribution in [0.5, 0.6) is 5.75 Å². The normalized spacial score (nSPS) is 10.2. The Morgan fingerprint density at radius 2 is 2.24 bits per heavy atom. The molecular weight excluding hydrogens is 220 g/mol. The van der Waals surface area contributed by atoms with Crippen molar-refractivity contribution >= 4 is 5.97 Å². The van der Waals surface area contributed by atoms with Gasteiger partial charge >= 0.3 is 5.97 Å². The molecule has 0 bridgehead atoms. The van der Waals surface area contributed by atoms with E-state index >= 15 is 0 Å². The maximum atomic E-state index is 11.0. The molecule has 0 saturated heterocycles. The van der Waals surface area contributed by atoms with Crippen molar-refractivity contribution in [2.75, 3.05) is 6.61 Å². The fourth-order valence-electron chi connectivity index (χ4n) is 1.61. The Morgan fingerprint density at radius 3 is 2.94 bits per heavy atom. The van der Waals surface area contributed by atoms with Crippen molar-refractivity contribution in [3.05, 3.63) is 36.3 Å².